The van der Waals surface area contributed by atoms with Crippen molar-refractivity contribution in [2.45, 2.75) is 26.3 Å². The summed E-state index contributed by atoms with van der Waals surface area (Å²) in [7, 11) is 2.05. The van der Waals surface area contributed by atoms with Gasteiger partial charge >= 0.3 is 0 Å². The summed E-state index contributed by atoms with van der Waals surface area (Å²) in [5, 5.41) is 4.10. The van der Waals surface area contributed by atoms with Crippen LogP contribution in [0, 0.1) is 5.92 Å². The lowest BCUT2D eigenvalue weighted by molar-refractivity contribution is -0.644. The maximum absolute atomic E-state index is 12.1. The number of aromatic nitrogens is 1. The zero-order valence-corrected chi connectivity index (χ0v) is 16.7. The van der Waals surface area contributed by atoms with Crippen LogP contribution in [-0.2, 0) is 11.8 Å². The van der Waals surface area contributed by atoms with Crippen LogP contribution >= 0.6 is 0 Å². The molecule has 0 saturated heterocycles. The third-order valence-electron chi connectivity index (χ3n) is 4.77. The Bertz CT molecular complexity index is 990. The zero-order chi connectivity index (χ0) is 20.1. The van der Waals surface area contributed by atoms with Gasteiger partial charge in [-0.15, -0.1) is 0 Å². The molecule has 28 heavy (non-hydrogen) atoms. The largest absolute Gasteiger partial charge is 0.325 e. The topological polar surface area (TPSA) is 59.0 Å². The number of nitrogens with one attached hydrogen (secondary N) is 1. The quantitative estimate of drug-likeness (QED) is 0.637. The molecule has 0 radical (unpaired) electrons. The van der Waals surface area contributed by atoms with E-state index in [1.807, 2.05) is 24.3 Å². The van der Waals surface area contributed by atoms with Crippen LogP contribution in [0.4, 0.5) is 5.69 Å². The van der Waals surface area contributed by atoms with E-state index in [1.54, 1.807) is 0 Å². The van der Waals surface area contributed by atoms with E-state index in [0.717, 1.165) is 11.3 Å². The fourth-order valence-corrected chi connectivity index (χ4v) is 3.25. The van der Waals surface area contributed by atoms with Crippen LogP contribution in [0.3, 0.4) is 0 Å². The lowest BCUT2D eigenvalue weighted by Gasteiger charge is -2.14. The summed E-state index contributed by atoms with van der Waals surface area (Å²) in [6.45, 7) is 4.12. The third kappa shape index (κ3) is 4.84. The highest BCUT2D eigenvalue weighted by atomic mass is 16.2. The summed E-state index contributed by atoms with van der Waals surface area (Å²) in [4.78, 5) is 12.1. The SMILES string of the molecule is CC(C)C[C@H](N)C(=O)Nc1ccc(C=Cc2cc[n+](C)c3ccccc23)cc1. The molecule has 0 unspecified atom stereocenters. The van der Waals surface area contributed by atoms with Gasteiger partial charge in [-0.1, -0.05) is 50.3 Å². The number of para-hydroxylation sites is 1. The Kier molecular flexibility index (Phi) is 6.22. The molecule has 1 amide bonds. The maximum atomic E-state index is 12.1. The van der Waals surface area contributed by atoms with Crippen molar-refractivity contribution in [3.8, 4) is 0 Å². The smallest absolute Gasteiger partial charge is 0.241 e. The second-order valence-electron chi connectivity index (χ2n) is 7.58. The van der Waals surface area contributed by atoms with Gasteiger partial charge in [0.15, 0.2) is 6.20 Å². The number of hydrogen-bond donors (Lipinski definition) is 2. The number of fused-ring (bicyclic) bond motifs is 1. The Morgan fingerprint density at radius 3 is 2.50 bits per heavy atom. The Morgan fingerprint density at radius 2 is 1.79 bits per heavy atom. The molecular weight excluding hydrogens is 346 g/mol. The molecule has 0 aliphatic carbocycles. The van der Waals surface area contributed by atoms with Crippen molar-refractivity contribution in [3.63, 3.8) is 0 Å². The minimum absolute atomic E-state index is 0.138. The summed E-state index contributed by atoms with van der Waals surface area (Å²) in [6.07, 6.45) is 6.95. The van der Waals surface area contributed by atoms with Gasteiger partial charge in [0, 0.05) is 17.8 Å². The first kappa shape index (κ1) is 19.8. The average molecular weight is 375 g/mol. The molecule has 3 aromatic rings. The monoisotopic (exact) mass is 374 g/mol. The number of hydrogen-bond acceptors (Lipinski definition) is 2. The predicted molar refractivity (Wildman–Crippen MR) is 117 cm³/mol. The standard InChI is InChI=1S/C24H27N3O/c1-17(2)16-22(25)24(28)26-20-12-9-18(10-13-20)8-11-19-14-15-27(3)23-7-5-4-6-21(19)23/h4-15,17,22H,16,25H2,1-3H3/p+1/t22-/m0/s1. The van der Waals surface area contributed by atoms with Crippen molar-refractivity contribution in [1.29, 1.82) is 0 Å². The normalized spacial score (nSPS) is 12.6. The van der Waals surface area contributed by atoms with Crippen molar-refractivity contribution in [1.82, 2.24) is 0 Å². The van der Waals surface area contributed by atoms with Gasteiger partial charge in [0.2, 0.25) is 11.4 Å². The molecule has 3 N–H and O–H groups in total. The first-order valence-corrected chi connectivity index (χ1v) is 9.66. The molecular formula is C24H28N3O+. The lowest BCUT2D eigenvalue weighted by atomic mass is 10.0. The molecule has 4 heteroatoms. The van der Waals surface area contributed by atoms with Crippen molar-refractivity contribution in [2.24, 2.45) is 18.7 Å². The van der Waals surface area contributed by atoms with E-state index in [0.29, 0.717) is 12.3 Å². The van der Waals surface area contributed by atoms with Crippen LogP contribution in [0.2, 0.25) is 0 Å². The average Bonchev–Trinajstić information content (AvgIpc) is 2.68. The summed E-state index contributed by atoms with van der Waals surface area (Å²) < 4.78 is 2.12. The second-order valence-corrected chi connectivity index (χ2v) is 7.58. The molecule has 0 spiro atoms. The molecule has 1 aromatic heterocycles. The summed E-state index contributed by atoms with van der Waals surface area (Å²) in [5.41, 5.74) is 10.1. The van der Waals surface area contributed by atoms with Crippen molar-refractivity contribution in [3.05, 3.63) is 71.9 Å². The molecule has 1 heterocycles. The molecule has 0 aliphatic rings. The van der Waals surface area contributed by atoms with Gasteiger partial charge in [-0.3, -0.25) is 4.79 Å². The molecule has 0 bridgehead atoms. The summed E-state index contributed by atoms with van der Waals surface area (Å²) >= 11 is 0. The van der Waals surface area contributed by atoms with E-state index in [4.69, 9.17) is 5.73 Å². The van der Waals surface area contributed by atoms with Crippen LogP contribution in [-0.4, -0.2) is 11.9 Å². The van der Waals surface area contributed by atoms with E-state index >= 15 is 0 Å². The second kappa shape index (κ2) is 8.81. The predicted octanol–water partition coefficient (Wildman–Crippen LogP) is 4.15. The molecule has 1 atom stereocenters. The molecule has 0 aliphatic heterocycles. The van der Waals surface area contributed by atoms with Gasteiger partial charge in [-0.2, -0.15) is 0 Å². The van der Waals surface area contributed by atoms with Crippen LogP contribution in [0.25, 0.3) is 23.1 Å². The number of aryl methyl sites for hydroxylation is 1. The summed E-state index contributed by atoms with van der Waals surface area (Å²) in [6, 6.07) is 17.8. The number of pyridine rings is 1. The molecule has 2 aromatic carbocycles. The van der Waals surface area contributed by atoms with Gasteiger partial charge < -0.3 is 11.1 Å². The first-order chi connectivity index (χ1) is 13.4. The Balaban J connectivity index is 1.71. The Hall–Kier alpha value is -2.98. The lowest BCUT2D eigenvalue weighted by Crippen LogP contribution is -2.36. The Labute approximate surface area is 166 Å². The number of anilines is 1. The van der Waals surface area contributed by atoms with Crippen LogP contribution in [0.5, 0.6) is 0 Å². The molecule has 0 fully saturated rings. The number of nitrogens with two attached hydrogens (primary N) is 1. The minimum atomic E-state index is -0.479. The number of amides is 1. The summed E-state index contributed by atoms with van der Waals surface area (Å²) in [5.74, 6) is 0.255. The van der Waals surface area contributed by atoms with Gasteiger partial charge in [0.05, 0.1) is 11.4 Å². The van der Waals surface area contributed by atoms with Crippen LogP contribution in [0.1, 0.15) is 31.4 Å². The fourth-order valence-electron chi connectivity index (χ4n) is 3.25. The van der Waals surface area contributed by atoms with E-state index in [-0.39, 0.29) is 5.91 Å². The zero-order valence-electron chi connectivity index (χ0n) is 16.7. The third-order valence-corrected chi connectivity index (χ3v) is 4.77. The van der Waals surface area contributed by atoms with Gasteiger partial charge in [-0.05, 0) is 41.7 Å². The molecule has 144 valence electrons. The minimum Gasteiger partial charge on any atom is -0.325 e. The van der Waals surface area contributed by atoms with Crippen molar-refractivity contribution < 1.29 is 9.36 Å². The van der Waals surface area contributed by atoms with E-state index < -0.39 is 6.04 Å². The number of nitrogens with zero attached hydrogens (tertiary/aromatic N) is 1. The maximum Gasteiger partial charge on any atom is 0.241 e. The van der Waals surface area contributed by atoms with Crippen molar-refractivity contribution >= 4 is 34.6 Å². The molecule has 3 rings (SSSR count). The fraction of sp³-hybridized carbons (Fsp3) is 0.250. The molecule has 4 nitrogen and oxygen atoms in total. The number of carbonyl (C=O) groups excluding carboxylic acids is 1. The highest BCUT2D eigenvalue weighted by molar-refractivity contribution is 5.95. The van der Waals surface area contributed by atoms with Gasteiger partial charge in [-0.25, -0.2) is 4.57 Å². The van der Waals surface area contributed by atoms with Crippen LogP contribution in [0.15, 0.2) is 60.8 Å². The number of benzene rings is 2. The van der Waals surface area contributed by atoms with Crippen LogP contribution < -0.4 is 15.6 Å². The van der Waals surface area contributed by atoms with E-state index in [2.05, 4.69) is 79.5 Å². The molecule has 0 saturated carbocycles. The number of rotatable bonds is 6. The van der Waals surface area contributed by atoms with E-state index in [1.165, 1.54) is 16.5 Å². The van der Waals surface area contributed by atoms with Gasteiger partial charge in [0.25, 0.3) is 0 Å². The van der Waals surface area contributed by atoms with Crippen molar-refractivity contribution in [2.75, 3.05) is 5.32 Å². The highest BCUT2D eigenvalue weighted by Gasteiger charge is 2.14. The van der Waals surface area contributed by atoms with Gasteiger partial charge in [0.1, 0.15) is 7.05 Å². The van der Waals surface area contributed by atoms with E-state index in [9.17, 15) is 4.79 Å². The Morgan fingerprint density at radius 1 is 1.07 bits per heavy atom. The highest BCUT2D eigenvalue weighted by Crippen LogP contribution is 2.19. The first-order valence-electron chi connectivity index (χ1n) is 9.66. The number of carbonyl (C=O) groups is 1.